The Morgan fingerprint density at radius 3 is 2.06 bits per heavy atom. The Morgan fingerprint density at radius 2 is 1.36 bits per heavy atom. The number of alkyl halides is 3. The van der Waals surface area contributed by atoms with Crippen LogP contribution in [0.25, 0.3) is 11.1 Å². The van der Waals surface area contributed by atoms with E-state index in [0.717, 1.165) is 37.8 Å². The molecule has 0 fully saturated rings. The number of hydrogen-bond acceptors (Lipinski definition) is 1. The van der Waals surface area contributed by atoms with Crippen LogP contribution in [0, 0.1) is 0 Å². The van der Waals surface area contributed by atoms with E-state index >= 15 is 0 Å². The van der Waals surface area contributed by atoms with Crippen LogP contribution in [0.1, 0.15) is 60.0 Å². The van der Waals surface area contributed by atoms with Crippen molar-refractivity contribution in [2.45, 2.75) is 51.1 Å². The van der Waals surface area contributed by atoms with Gasteiger partial charge in [0.2, 0.25) is 0 Å². The molecule has 0 atom stereocenters. The first-order valence-electron chi connectivity index (χ1n) is 11.5. The predicted octanol–water partition coefficient (Wildman–Crippen LogP) is 7.69. The molecule has 1 N–H and O–H groups in total. The van der Waals surface area contributed by atoms with Crippen molar-refractivity contribution < 1.29 is 18.0 Å². The Balaban J connectivity index is 1.35. The topological polar surface area (TPSA) is 29.1 Å². The van der Waals surface area contributed by atoms with Gasteiger partial charge in [0.1, 0.15) is 0 Å². The number of rotatable bonds is 11. The Kier molecular flexibility index (Phi) is 9.11. The van der Waals surface area contributed by atoms with Gasteiger partial charge >= 0.3 is 6.18 Å². The predicted molar refractivity (Wildman–Crippen MR) is 127 cm³/mol. The molecule has 2 nitrogen and oxygen atoms in total. The average molecular weight is 454 g/mol. The molecule has 0 saturated carbocycles. The Morgan fingerprint density at radius 1 is 0.697 bits per heavy atom. The fourth-order valence-electron chi connectivity index (χ4n) is 3.80. The van der Waals surface area contributed by atoms with Crippen LogP contribution >= 0.6 is 0 Å². The number of benzene rings is 3. The summed E-state index contributed by atoms with van der Waals surface area (Å²) < 4.78 is 38.3. The quantitative estimate of drug-likeness (QED) is 0.296. The molecule has 174 valence electrons. The molecule has 0 aliphatic rings. The molecule has 0 spiro atoms. The van der Waals surface area contributed by atoms with Crippen LogP contribution in [0.3, 0.4) is 0 Å². The summed E-state index contributed by atoms with van der Waals surface area (Å²) in [6.07, 6.45) is 3.57. The molecule has 33 heavy (non-hydrogen) atoms. The van der Waals surface area contributed by atoms with Crippen LogP contribution in [-0.4, -0.2) is 12.5 Å². The van der Waals surface area contributed by atoms with Crippen molar-refractivity contribution in [1.29, 1.82) is 0 Å². The zero-order chi connectivity index (χ0) is 23.5. The van der Waals surface area contributed by atoms with Crippen LogP contribution in [0.5, 0.6) is 0 Å². The van der Waals surface area contributed by atoms with E-state index < -0.39 is 11.7 Å². The lowest BCUT2D eigenvalue weighted by Crippen LogP contribution is -2.24. The third-order valence-corrected chi connectivity index (χ3v) is 5.69. The van der Waals surface area contributed by atoms with Crippen molar-refractivity contribution in [3.05, 3.63) is 95.6 Å². The van der Waals surface area contributed by atoms with Crippen molar-refractivity contribution in [3.63, 3.8) is 0 Å². The van der Waals surface area contributed by atoms with Crippen molar-refractivity contribution in [3.8, 4) is 11.1 Å². The number of carbonyl (C=O) groups excluding carboxylic acids is 1. The molecule has 1 amide bonds. The molecule has 0 radical (unpaired) electrons. The Hall–Kier alpha value is -3.08. The highest BCUT2D eigenvalue weighted by Gasteiger charge is 2.29. The van der Waals surface area contributed by atoms with Gasteiger partial charge in [0.15, 0.2) is 0 Å². The fourth-order valence-corrected chi connectivity index (χ4v) is 3.80. The molecule has 0 unspecified atom stereocenters. The van der Waals surface area contributed by atoms with Gasteiger partial charge in [-0.2, -0.15) is 13.2 Å². The van der Waals surface area contributed by atoms with Gasteiger partial charge in [-0.25, -0.2) is 0 Å². The smallest absolute Gasteiger partial charge is 0.352 e. The van der Waals surface area contributed by atoms with E-state index in [4.69, 9.17) is 0 Å². The minimum Gasteiger partial charge on any atom is -0.352 e. The SMILES string of the molecule is O=C(NCCCCCCCCc1ccccc1)c1cccc(-c2ccc(C(F)(F)F)cc2)c1. The van der Waals surface area contributed by atoms with E-state index in [0.29, 0.717) is 23.2 Å². The average Bonchev–Trinajstić information content (AvgIpc) is 2.83. The summed E-state index contributed by atoms with van der Waals surface area (Å²) in [5.74, 6) is -0.161. The first-order chi connectivity index (χ1) is 15.9. The van der Waals surface area contributed by atoms with E-state index in [9.17, 15) is 18.0 Å². The van der Waals surface area contributed by atoms with Gasteiger partial charge in [-0.1, -0.05) is 80.3 Å². The summed E-state index contributed by atoms with van der Waals surface area (Å²) in [6.45, 7) is 0.618. The van der Waals surface area contributed by atoms with Crippen molar-refractivity contribution in [2.24, 2.45) is 0 Å². The third-order valence-electron chi connectivity index (χ3n) is 5.69. The van der Waals surface area contributed by atoms with E-state index in [1.807, 2.05) is 6.07 Å². The lowest BCUT2D eigenvalue weighted by atomic mass is 10.0. The summed E-state index contributed by atoms with van der Waals surface area (Å²) in [6, 6.07) is 22.5. The molecule has 0 bridgehead atoms. The molecule has 0 saturated heterocycles. The van der Waals surface area contributed by atoms with Crippen molar-refractivity contribution >= 4 is 5.91 Å². The maximum atomic E-state index is 12.8. The number of carbonyl (C=O) groups is 1. The van der Waals surface area contributed by atoms with Gasteiger partial charge in [-0.3, -0.25) is 4.79 Å². The highest BCUT2D eigenvalue weighted by atomic mass is 19.4. The van der Waals surface area contributed by atoms with Crippen LogP contribution in [0.2, 0.25) is 0 Å². The highest BCUT2D eigenvalue weighted by molar-refractivity contribution is 5.95. The summed E-state index contributed by atoms with van der Waals surface area (Å²) in [5, 5.41) is 2.94. The van der Waals surface area contributed by atoms with E-state index in [2.05, 4.69) is 29.6 Å². The van der Waals surface area contributed by atoms with Crippen LogP contribution in [-0.2, 0) is 12.6 Å². The second-order valence-corrected chi connectivity index (χ2v) is 8.27. The normalized spacial score (nSPS) is 11.4. The minimum absolute atomic E-state index is 0.161. The summed E-state index contributed by atoms with van der Waals surface area (Å²) in [7, 11) is 0. The highest BCUT2D eigenvalue weighted by Crippen LogP contribution is 2.31. The van der Waals surface area contributed by atoms with Gasteiger partial charge in [-0.15, -0.1) is 0 Å². The molecular formula is C28H30F3NO. The van der Waals surface area contributed by atoms with Gasteiger partial charge in [0.05, 0.1) is 5.56 Å². The van der Waals surface area contributed by atoms with E-state index in [1.165, 1.54) is 37.0 Å². The number of amides is 1. The number of unbranched alkanes of at least 4 members (excludes halogenated alkanes) is 5. The van der Waals surface area contributed by atoms with Gasteiger partial charge in [-0.05, 0) is 60.2 Å². The minimum atomic E-state index is -4.36. The zero-order valence-electron chi connectivity index (χ0n) is 18.7. The number of hydrogen-bond donors (Lipinski definition) is 1. The number of halogens is 3. The lowest BCUT2D eigenvalue weighted by Gasteiger charge is -2.09. The molecule has 5 heteroatoms. The molecule has 0 aromatic heterocycles. The molecule has 3 rings (SSSR count). The Labute approximate surface area is 193 Å². The second kappa shape index (κ2) is 12.2. The molecule has 0 aliphatic carbocycles. The van der Waals surface area contributed by atoms with Crippen LogP contribution in [0.4, 0.5) is 13.2 Å². The largest absolute Gasteiger partial charge is 0.416 e. The molecule has 3 aromatic rings. The first-order valence-corrected chi connectivity index (χ1v) is 11.5. The van der Waals surface area contributed by atoms with E-state index in [-0.39, 0.29) is 5.91 Å². The Bertz CT molecular complexity index is 998. The van der Waals surface area contributed by atoms with Crippen molar-refractivity contribution in [1.82, 2.24) is 5.32 Å². The third kappa shape index (κ3) is 8.08. The van der Waals surface area contributed by atoms with Gasteiger partial charge in [0.25, 0.3) is 5.91 Å². The van der Waals surface area contributed by atoms with Crippen LogP contribution in [0.15, 0.2) is 78.9 Å². The maximum Gasteiger partial charge on any atom is 0.416 e. The lowest BCUT2D eigenvalue weighted by molar-refractivity contribution is -0.137. The first kappa shape index (κ1) is 24.6. The molecule has 0 aliphatic heterocycles. The summed E-state index contributed by atoms with van der Waals surface area (Å²) >= 11 is 0. The van der Waals surface area contributed by atoms with Gasteiger partial charge < -0.3 is 5.32 Å². The standard InChI is InChI=1S/C28H30F3NO/c29-28(30,31)26-18-16-23(17-19-26)24-14-10-15-25(21-24)27(33)32-20-9-4-2-1-3-6-11-22-12-7-5-8-13-22/h5,7-8,10,12-19,21H,1-4,6,9,11,20H2,(H,32,33). The summed E-state index contributed by atoms with van der Waals surface area (Å²) in [4.78, 5) is 12.5. The zero-order valence-corrected chi connectivity index (χ0v) is 18.7. The maximum absolute atomic E-state index is 12.8. The summed E-state index contributed by atoms with van der Waals surface area (Å²) in [5.41, 5.74) is 2.57. The van der Waals surface area contributed by atoms with Crippen molar-refractivity contribution in [2.75, 3.05) is 6.54 Å². The second-order valence-electron chi connectivity index (χ2n) is 8.27. The number of nitrogens with one attached hydrogen (secondary N) is 1. The molecular weight excluding hydrogens is 423 g/mol. The van der Waals surface area contributed by atoms with Gasteiger partial charge in [0, 0.05) is 12.1 Å². The monoisotopic (exact) mass is 453 g/mol. The molecule has 0 heterocycles. The molecule has 3 aromatic carbocycles. The fraction of sp³-hybridized carbons (Fsp3) is 0.321. The van der Waals surface area contributed by atoms with Crippen LogP contribution < -0.4 is 5.32 Å². The number of aryl methyl sites for hydroxylation is 1. The van der Waals surface area contributed by atoms with E-state index in [1.54, 1.807) is 24.3 Å².